The summed E-state index contributed by atoms with van der Waals surface area (Å²) in [4.78, 5) is 0. The molecule has 0 unspecified atom stereocenters. The van der Waals surface area contributed by atoms with Crippen LogP contribution in [0.25, 0.3) is 0 Å². The lowest BCUT2D eigenvalue weighted by molar-refractivity contribution is 0.498. The SMILES string of the molecule is CC.CC(C)c1ccnn1C(C)C.CC(C)c1ccnn1C(C)C. The molecule has 0 aromatic carbocycles. The highest BCUT2D eigenvalue weighted by atomic mass is 15.3. The number of nitrogens with zero attached hydrogens (tertiary/aromatic N) is 4. The van der Waals surface area contributed by atoms with Crippen molar-refractivity contribution < 1.29 is 0 Å². The molecule has 0 radical (unpaired) electrons. The minimum absolute atomic E-state index is 0.474. The monoisotopic (exact) mass is 334 g/mol. The van der Waals surface area contributed by atoms with Gasteiger partial charge >= 0.3 is 0 Å². The van der Waals surface area contributed by atoms with Gasteiger partial charge in [-0.25, -0.2) is 0 Å². The Kier molecular flexibility index (Phi) is 10.3. The second-order valence-electron chi connectivity index (χ2n) is 6.90. The zero-order valence-corrected chi connectivity index (χ0v) is 17.4. The zero-order valence-electron chi connectivity index (χ0n) is 17.4. The standard InChI is InChI=1S/2C9H16N2.C2H6/c2*1-7(2)9-5-6-10-11(9)8(3)4;1-2/h2*5-8H,1-4H3;1-2H3. The van der Waals surface area contributed by atoms with E-state index < -0.39 is 0 Å². The molecule has 2 rings (SSSR count). The molecule has 0 atom stereocenters. The predicted molar refractivity (Wildman–Crippen MR) is 105 cm³/mol. The molecular formula is C20H38N4. The highest BCUT2D eigenvalue weighted by Gasteiger charge is 2.08. The lowest BCUT2D eigenvalue weighted by Crippen LogP contribution is -2.08. The summed E-state index contributed by atoms with van der Waals surface area (Å²) in [5.74, 6) is 1.14. The van der Waals surface area contributed by atoms with Gasteiger partial charge in [0.25, 0.3) is 0 Å². The topological polar surface area (TPSA) is 35.6 Å². The lowest BCUT2D eigenvalue weighted by atomic mass is 10.1. The number of hydrogen-bond donors (Lipinski definition) is 0. The Morgan fingerprint density at radius 2 is 0.917 bits per heavy atom. The second kappa shape index (κ2) is 11.1. The van der Waals surface area contributed by atoms with Crippen LogP contribution in [0.4, 0.5) is 0 Å². The molecule has 0 fully saturated rings. The van der Waals surface area contributed by atoms with Gasteiger partial charge in [-0.1, -0.05) is 41.5 Å². The quantitative estimate of drug-likeness (QED) is 0.667. The average Bonchev–Trinajstić information content (AvgIpc) is 3.19. The van der Waals surface area contributed by atoms with Gasteiger partial charge in [-0.2, -0.15) is 10.2 Å². The molecule has 2 aromatic heterocycles. The predicted octanol–water partition coefficient (Wildman–Crippen LogP) is 6.20. The minimum Gasteiger partial charge on any atom is -0.267 e. The molecule has 0 spiro atoms. The van der Waals surface area contributed by atoms with Crippen molar-refractivity contribution in [3.8, 4) is 0 Å². The van der Waals surface area contributed by atoms with Crippen molar-refractivity contribution in [2.24, 2.45) is 0 Å². The van der Waals surface area contributed by atoms with Crippen LogP contribution in [0.1, 0.15) is 105 Å². The summed E-state index contributed by atoms with van der Waals surface area (Å²) in [6, 6.07) is 5.12. The Hall–Kier alpha value is -1.58. The fourth-order valence-corrected chi connectivity index (χ4v) is 2.43. The smallest absolute Gasteiger partial charge is 0.0492 e. The van der Waals surface area contributed by atoms with Gasteiger partial charge in [0.15, 0.2) is 0 Å². The van der Waals surface area contributed by atoms with E-state index in [1.54, 1.807) is 0 Å². The fourth-order valence-electron chi connectivity index (χ4n) is 2.43. The summed E-state index contributed by atoms with van der Waals surface area (Å²) < 4.78 is 4.15. The van der Waals surface area contributed by atoms with Crippen LogP contribution in [0, 0.1) is 0 Å². The van der Waals surface area contributed by atoms with E-state index in [1.165, 1.54) is 11.4 Å². The largest absolute Gasteiger partial charge is 0.267 e. The van der Waals surface area contributed by atoms with Gasteiger partial charge in [0.2, 0.25) is 0 Å². The van der Waals surface area contributed by atoms with Gasteiger partial charge in [-0.05, 0) is 51.7 Å². The summed E-state index contributed by atoms with van der Waals surface area (Å²) >= 11 is 0. The van der Waals surface area contributed by atoms with Crippen LogP contribution in [-0.4, -0.2) is 19.6 Å². The van der Waals surface area contributed by atoms with Gasteiger partial charge in [0.1, 0.15) is 0 Å². The molecule has 24 heavy (non-hydrogen) atoms. The van der Waals surface area contributed by atoms with Crippen molar-refractivity contribution in [3.63, 3.8) is 0 Å². The van der Waals surface area contributed by atoms with Crippen molar-refractivity contribution in [3.05, 3.63) is 35.9 Å². The Morgan fingerprint density at radius 1 is 0.625 bits per heavy atom. The van der Waals surface area contributed by atoms with E-state index in [9.17, 15) is 0 Å². The molecular weight excluding hydrogens is 296 g/mol. The molecule has 0 bridgehead atoms. The Labute approximate surface area is 149 Å². The molecule has 0 aliphatic carbocycles. The molecule has 2 heterocycles. The molecule has 0 aliphatic heterocycles. The van der Waals surface area contributed by atoms with Gasteiger partial charge in [-0.3, -0.25) is 9.36 Å². The van der Waals surface area contributed by atoms with E-state index in [4.69, 9.17) is 0 Å². The normalized spacial score (nSPS) is 10.8. The first-order valence-corrected chi connectivity index (χ1v) is 9.32. The third-order valence-electron chi connectivity index (χ3n) is 3.56. The molecule has 4 nitrogen and oxygen atoms in total. The molecule has 0 N–H and O–H groups in total. The molecule has 0 amide bonds. The van der Waals surface area contributed by atoms with Crippen LogP contribution in [0.5, 0.6) is 0 Å². The first-order chi connectivity index (χ1) is 11.3. The fraction of sp³-hybridized carbons (Fsp3) is 0.700. The van der Waals surface area contributed by atoms with Gasteiger partial charge in [-0.15, -0.1) is 0 Å². The minimum atomic E-state index is 0.474. The van der Waals surface area contributed by atoms with Crippen LogP contribution < -0.4 is 0 Å². The number of rotatable bonds is 4. The van der Waals surface area contributed by atoms with E-state index >= 15 is 0 Å². The molecule has 0 saturated carbocycles. The third-order valence-corrected chi connectivity index (χ3v) is 3.56. The zero-order chi connectivity index (χ0) is 18.9. The highest BCUT2D eigenvalue weighted by Crippen LogP contribution is 2.17. The van der Waals surface area contributed by atoms with E-state index in [1.807, 2.05) is 26.2 Å². The maximum Gasteiger partial charge on any atom is 0.0492 e. The first-order valence-electron chi connectivity index (χ1n) is 9.32. The van der Waals surface area contributed by atoms with Crippen LogP contribution >= 0.6 is 0 Å². The summed E-state index contributed by atoms with van der Waals surface area (Å²) in [6.07, 6.45) is 3.74. The van der Waals surface area contributed by atoms with Crippen molar-refractivity contribution in [2.45, 2.75) is 93.2 Å². The van der Waals surface area contributed by atoms with Crippen molar-refractivity contribution in [1.82, 2.24) is 19.6 Å². The van der Waals surface area contributed by atoms with Crippen LogP contribution in [0.2, 0.25) is 0 Å². The number of hydrogen-bond acceptors (Lipinski definition) is 2. The Morgan fingerprint density at radius 3 is 1.08 bits per heavy atom. The van der Waals surface area contributed by atoms with Crippen LogP contribution in [0.3, 0.4) is 0 Å². The first kappa shape index (κ1) is 22.4. The van der Waals surface area contributed by atoms with E-state index in [0.29, 0.717) is 23.9 Å². The molecule has 2 aromatic rings. The van der Waals surface area contributed by atoms with Crippen LogP contribution in [0.15, 0.2) is 24.5 Å². The molecule has 0 aliphatic rings. The summed E-state index contributed by atoms with van der Waals surface area (Å²) in [6.45, 7) is 21.4. The van der Waals surface area contributed by atoms with Crippen molar-refractivity contribution in [1.29, 1.82) is 0 Å². The maximum atomic E-state index is 4.25. The van der Waals surface area contributed by atoms with Crippen molar-refractivity contribution >= 4 is 0 Å². The maximum absolute atomic E-state index is 4.25. The van der Waals surface area contributed by atoms with E-state index in [2.05, 4.69) is 87.1 Å². The summed E-state index contributed by atoms with van der Waals surface area (Å²) in [5.41, 5.74) is 2.64. The Balaban J connectivity index is 0.000000400. The van der Waals surface area contributed by atoms with E-state index in [0.717, 1.165) is 0 Å². The highest BCUT2D eigenvalue weighted by molar-refractivity contribution is 5.06. The summed E-state index contributed by atoms with van der Waals surface area (Å²) in [5, 5.41) is 8.51. The van der Waals surface area contributed by atoms with Crippen molar-refractivity contribution in [2.75, 3.05) is 0 Å². The third kappa shape index (κ3) is 6.50. The average molecular weight is 335 g/mol. The van der Waals surface area contributed by atoms with Gasteiger partial charge in [0, 0.05) is 35.9 Å². The summed E-state index contributed by atoms with van der Waals surface area (Å²) in [7, 11) is 0. The van der Waals surface area contributed by atoms with Gasteiger partial charge in [0.05, 0.1) is 0 Å². The van der Waals surface area contributed by atoms with Gasteiger partial charge < -0.3 is 0 Å². The van der Waals surface area contributed by atoms with E-state index in [-0.39, 0.29) is 0 Å². The van der Waals surface area contributed by atoms with Crippen LogP contribution in [-0.2, 0) is 0 Å². The molecule has 0 saturated heterocycles. The lowest BCUT2D eigenvalue weighted by Gasteiger charge is -2.12. The second-order valence-corrected chi connectivity index (χ2v) is 6.90. The molecule has 4 heteroatoms. The number of aromatic nitrogens is 4. The molecule has 138 valence electrons. The Bertz CT molecular complexity index is 452.